The van der Waals surface area contributed by atoms with Gasteiger partial charge in [-0.25, -0.2) is 13.2 Å². The van der Waals surface area contributed by atoms with Gasteiger partial charge in [-0.1, -0.05) is 33.6 Å². The average Bonchev–Trinajstić information content (AvgIpc) is 2.42. The highest BCUT2D eigenvalue weighted by Gasteiger charge is 2.27. The molecule has 0 aliphatic carbocycles. The van der Waals surface area contributed by atoms with Gasteiger partial charge < -0.3 is 4.74 Å². The van der Waals surface area contributed by atoms with Gasteiger partial charge >= 0.3 is 5.30 Å². The van der Waals surface area contributed by atoms with Crippen molar-refractivity contribution in [1.82, 2.24) is 0 Å². The van der Waals surface area contributed by atoms with Gasteiger partial charge in [0.25, 0.3) is 9.84 Å². The van der Waals surface area contributed by atoms with E-state index in [2.05, 4.69) is 15.9 Å². The molecule has 0 spiro atoms. The Kier molecular flexibility index (Phi) is 4.25. The van der Waals surface area contributed by atoms with Crippen molar-refractivity contribution in [2.24, 2.45) is 0 Å². The standard InChI is InChI=1S/C14H11BrO4S/c1-10-2-8-13(9-3-10)20(17,18)14(16)19-12-6-4-11(15)5-7-12/h2-9H,1H3. The van der Waals surface area contributed by atoms with E-state index in [1.165, 1.54) is 24.3 Å². The molecule has 0 aromatic heterocycles. The average molecular weight is 355 g/mol. The molecule has 0 amide bonds. The molecule has 0 aliphatic heterocycles. The largest absolute Gasteiger partial charge is 0.435 e. The van der Waals surface area contributed by atoms with Crippen molar-refractivity contribution in [3.8, 4) is 5.75 Å². The van der Waals surface area contributed by atoms with Crippen LogP contribution in [0.5, 0.6) is 5.75 Å². The molecular formula is C14H11BrO4S. The van der Waals surface area contributed by atoms with Gasteiger partial charge in [0.2, 0.25) is 0 Å². The highest BCUT2D eigenvalue weighted by molar-refractivity contribution is 9.10. The number of hydrogen-bond donors (Lipinski definition) is 0. The summed E-state index contributed by atoms with van der Waals surface area (Å²) >= 11 is 3.24. The van der Waals surface area contributed by atoms with E-state index in [1.54, 1.807) is 24.3 Å². The summed E-state index contributed by atoms with van der Waals surface area (Å²) in [6.07, 6.45) is 0. The van der Waals surface area contributed by atoms with Crippen molar-refractivity contribution in [3.63, 3.8) is 0 Å². The Morgan fingerprint density at radius 3 is 2.10 bits per heavy atom. The maximum absolute atomic E-state index is 12.0. The molecule has 0 bridgehead atoms. The maximum Gasteiger partial charge on any atom is 0.435 e. The molecule has 0 N–H and O–H groups in total. The Hall–Kier alpha value is -1.66. The van der Waals surface area contributed by atoms with Crippen LogP contribution in [0.25, 0.3) is 0 Å². The van der Waals surface area contributed by atoms with Crippen LogP contribution in [-0.2, 0) is 9.84 Å². The highest BCUT2D eigenvalue weighted by atomic mass is 79.9. The zero-order valence-electron chi connectivity index (χ0n) is 10.5. The predicted molar refractivity (Wildman–Crippen MR) is 78.5 cm³/mol. The highest BCUT2D eigenvalue weighted by Crippen LogP contribution is 2.19. The number of carbonyl (C=O) groups is 1. The summed E-state index contributed by atoms with van der Waals surface area (Å²) < 4.78 is 29.7. The summed E-state index contributed by atoms with van der Waals surface area (Å²) in [6, 6.07) is 12.3. The first-order valence-electron chi connectivity index (χ1n) is 5.69. The zero-order valence-corrected chi connectivity index (χ0v) is 12.9. The van der Waals surface area contributed by atoms with Crippen molar-refractivity contribution in [2.75, 3.05) is 0 Å². The molecule has 4 nitrogen and oxygen atoms in total. The van der Waals surface area contributed by atoms with Gasteiger partial charge in [-0.3, -0.25) is 0 Å². The third kappa shape index (κ3) is 3.26. The van der Waals surface area contributed by atoms with E-state index >= 15 is 0 Å². The van der Waals surface area contributed by atoms with E-state index in [9.17, 15) is 13.2 Å². The number of benzene rings is 2. The van der Waals surface area contributed by atoms with E-state index in [4.69, 9.17) is 4.74 Å². The second-order valence-electron chi connectivity index (χ2n) is 4.12. The second kappa shape index (κ2) is 5.76. The minimum absolute atomic E-state index is 0.0785. The van der Waals surface area contributed by atoms with Gasteiger partial charge in [-0.05, 0) is 43.3 Å². The van der Waals surface area contributed by atoms with Crippen molar-refractivity contribution in [1.29, 1.82) is 0 Å². The molecule has 0 unspecified atom stereocenters. The van der Waals surface area contributed by atoms with Crippen LogP contribution in [0, 0.1) is 6.92 Å². The number of sulfone groups is 1. The molecule has 0 atom stereocenters. The summed E-state index contributed by atoms with van der Waals surface area (Å²) in [7, 11) is -4.14. The summed E-state index contributed by atoms with van der Waals surface area (Å²) in [5, 5.41) is -1.29. The van der Waals surface area contributed by atoms with Crippen LogP contribution in [0.1, 0.15) is 5.56 Å². The van der Waals surface area contributed by atoms with Crippen LogP contribution in [0.2, 0.25) is 0 Å². The van der Waals surface area contributed by atoms with Gasteiger partial charge in [0, 0.05) is 4.47 Å². The molecule has 2 aromatic carbocycles. The molecular weight excluding hydrogens is 344 g/mol. The fraction of sp³-hybridized carbons (Fsp3) is 0.0714. The Morgan fingerprint density at radius 1 is 1.00 bits per heavy atom. The third-order valence-electron chi connectivity index (χ3n) is 2.57. The number of aryl methyl sites for hydroxylation is 1. The minimum Gasteiger partial charge on any atom is -0.415 e. The van der Waals surface area contributed by atoms with Crippen LogP contribution in [-0.4, -0.2) is 13.7 Å². The summed E-state index contributed by atoms with van der Waals surface area (Å²) in [5.41, 5.74) is 0.908. The third-order valence-corrected chi connectivity index (χ3v) is 4.51. The summed E-state index contributed by atoms with van der Waals surface area (Å²) in [5.74, 6) is 0.175. The maximum atomic E-state index is 12.0. The van der Waals surface area contributed by atoms with E-state index in [0.717, 1.165) is 10.0 Å². The molecule has 2 rings (SSSR count). The second-order valence-corrected chi connectivity index (χ2v) is 6.85. The predicted octanol–water partition coefficient (Wildman–Crippen LogP) is 3.73. The molecule has 2 aromatic rings. The number of halogens is 1. The van der Waals surface area contributed by atoms with Crippen LogP contribution in [0.4, 0.5) is 4.79 Å². The van der Waals surface area contributed by atoms with Gasteiger partial charge in [-0.15, -0.1) is 0 Å². The van der Waals surface area contributed by atoms with Crippen molar-refractivity contribution in [3.05, 3.63) is 58.6 Å². The molecule has 0 saturated heterocycles. The first-order valence-corrected chi connectivity index (χ1v) is 7.96. The van der Waals surface area contributed by atoms with E-state index in [0.29, 0.717) is 0 Å². The lowest BCUT2D eigenvalue weighted by atomic mass is 10.2. The topological polar surface area (TPSA) is 60.4 Å². The Labute approximate surface area is 125 Å². The van der Waals surface area contributed by atoms with Gasteiger partial charge in [-0.2, -0.15) is 0 Å². The van der Waals surface area contributed by atoms with E-state index in [1.807, 2.05) is 6.92 Å². The van der Waals surface area contributed by atoms with Gasteiger partial charge in [0.15, 0.2) is 0 Å². The fourth-order valence-electron chi connectivity index (χ4n) is 1.47. The molecule has 0 fully saturated rings. The Bertz CT molecular complexity index is 719. The fourth-order valence-corrected chi connectivity index (χ4v) is 2.62. The van der Waals surface area contributed by atoms with Crippen molar-refractivity contribution in [2.45, 2.75) is 11.8 Å². The molecule has 0 aliphatic rings. The van der Waals surface area contributed by atoms with Crippen LogP contribution in [0.15, 0.2) is 57.9 Å². The normalized spacial score (nSPS) is 11.1. The summed E-state index contributed by atoms with van der Waals surface area (Å²) in [4.78, 5) is 11.7. The van der Waals surface area contributed by atoms with E-state index < -0.39 is 15.1 Å². The zero-order chi connectivity index (χ0) is 14.8. The first kappa shape index (κ1) is 14.7. The molecule has 104 valence electrons. The minimum atomic E-state index is -4.14. The smallest absolute Gasteiger partial charge is 0.415 e. The number of rotatable bonds is 2. The van der Waals surface area contributed by atoms with Crippen molar-refractivity contribution >= 4 is 31.1 Å². The van der Waals surface area contributed by atoms with Crippen LogP contribution in [0.3, 0.4) is 0 Å². The van der Waals surface area contributed by atoms with Gasteiger partial charge in [0.1, 0.15) is 5.75 Å². The molecule has 6 heteroatoms. The molecule has 0 heterocycles. The van der Waals surface area contributed by atoms with E-state index in [-0.39, 0.29) is 10.6 Å². The first-order chi connectivity index (χ1) is 9.39. The number of hydrogen-bond acceptors (Lipinski definition) is 4. The Balaban J connectivity index is 2.23. The van der Waals surface area contributed by atoms with Crippen LogP contribution >= 0.6 is 15.9 Å². The van der Waals surface area contributed by atoms with Gasteiger partial charge in [0.05, 0.1) is 4.90 Å². The monoisotopic (exact) mass is 354 g/mol. The SMILES string of the molecule is Cc1ccc(S(=O)(=O)C(=O)Oc2ccc(Br)cc2)cc1. The molecule has 0 radical (unpaired) electrons. The number of ether oxygens (including phenoxy) is 1. The molecule has 20 heavy (non-hydrogen) atoms. The number of carbonyl (C=O) groups excluding carboxylic acids is 1. The van der Waals surface area contributed by atoms with Crippen molar-refractivity contribution < 1.29 is 17.9 Å². The Morgan fingerprint density at radius 2 is 1.55 bits per heavy atom. The lowest BCUT2D eigenvalue weighted by Gasteiger charge is -2.05. The lowest BCUT2D eigenvalue weighted by molar-refractivity contribution is 0.224. The summed E-state index contributed by atoms with van der Waals surface area (Å²) in [6.45, 7) is 1.83. The quantitative estimate of drug-likeness (QED) is 0.771. The van der Waals surface area contributed by atoms with Crippen LogP contribution < -0.4 is 4.74 Å². The lowest BCUT2D eigenvalue weighted by Crippen LogP contribution is -2.19. The molecule has 0 saturated carbocycles.